The Hall–Kier alpha value is -1.46. The van der Waals surface area contributed by atoms with Crippen LogP contribution in [0.15, 0.2) is 20.8 Å². The molecule has 3 heterocycles. The SMILES string of the molecule is Cc1ccc(S(=O)(=O)N2CCCC(c3nnc(C(F)(F)F)o3)C2)s1. The number of hydrogen-bond donors (Lipinski definition) is 0. The van der Waals surface area contributed by atoms with Crippen LogP contribution in [0.2, 0.25) is 0 Å². The van der Waals surface area contributed by atoms with Gasteiger partial charge in [0.2, 0.25) is 5.89 Å². The molecule has 1 fully saturated rings. The molecule has 132 valence electrons. The van der Waals surface area contributed by atoms with Gasteiger partial charge in [-0.25, -0.2) is 8.42 Å². The highest BCUT2D eigenvalue weighted by Gasteiger charge is 2.40. The molecule has 0 aliphatic carbocycles. The number of hydrogen-bond acceptors (Lipinski definition) is 6. The molecule has 24 heavy (non-hydrogen) atoms. The molecule has 1 saturated heterocycles. The van der Waals surface area contributed by atoms with E-state index in [-0.39, 0.29) is 16.6 Å². The van der Waals surface area contributed by atoms with Gasteiger partial charge in [-0.2, -0.15) is 17.5 Å². The van der Waals surface area contributed by atoms with Crippen LogP contribution in [-0.4, -0.2) is 36.0 Å². The third-order valence-corrected chi connectivity index (χ3v) is 7.06. The van der Waals surface area contributed by atoms with Crippen LogP contribution < -0.4 is 0 Å². The van der Waals surface area contributed by atoms with Gasteiger partial charge in [0.1, 0.15) is 4.21 Å². The van der Waals surface area contributed by atoms with Gasteiger partial charge < -0.3 is 4.42 Å². The van der Waals surface area contributed by atoms with Crippen LogP contribution in [0.25, 0.3) is 0 Å². The molecular formula is C13H14F3N3O3S2. The van der Waals surface area contributed by atoms with E-state index in [9.17, 15) is 21.6 Å². The molecule has 0 saturated carbocycles. The predicted molar refractivity (Wildman–Crippen MR) is 79.1 cm³/mol. The molecule has 11 heteroatoms. The van der Waals surface area contributed by atoms with Gasteiger partial charge in [0.25, 0.3) is 10.0 Å². The van der Waals surface area contributed by atoms with Crippen molar-refractivity contribution in [1.82, 2.24) is 14.5 Å². The van der Waals surface area contributed by atoms with E-state index in [0.29, 0.717) is 19.4 Å². The maximum atomic E-state index is 12.6. The van der Waals surface area contributed by atoms with Crippen LogP contribution in [0.1, 0.15) is 35.4 Å². The molecule has 1 aliphatic heterocycles. The Balaban J connectivity index is 1.81. The Morgan fingerprint density at radius 3 is 2.67 bits per heavy atom. The first-order valence-corrected chi connectivity index (χ1v) is 9.41. The van der Waals surface area contributed by atoms with E-state index in [0.717, 1.165) is 16.2 Å². The van der Waals surface area contributed by atoms with E-state index in [1.807, 2.05) is 0 Å². The smallest absolute Gasteiger partial charge is 0.417 e. The highest BCUT2D eigenvalue weighted by Crippen LogP contribution is 2.34. The summed E-state index contributed by atoms with van der Waals surface area (Å²) in [6.45, 7) is 2.15. The van der Waals surface area contributed by atoms with Crippen molar-refractivity contribution in [2.75, 3.05) is 13.1 Å². The molecule has 1 atom stereocenters. The van der Waals surface area contributed by atoms with Gasteiger partial charge >= 0.3 is 12.1 Å². The molecule has 0 N–H and O–H groups in total. The molecule has 1 aliphatic rings. The first kappa shape index (κ1) is 17.4. The monoisotopic (exact) mass is 381 g/mol. The molecule has 0 spiro atoms. The number of nitrogens with zero attached hydrogens (tertiary/aromatic N) is 3. The Morgan fingerprint density at radius 1 is 1.33 bits per heavy atom. The van der Waals surface area contributed by atoms with Gasteiger partial charge in [0.15, 0.2) is 0 Å². The lowest BCUT2D eigenvalue weighted by molar-refractivity contribution is -0.157. The number of aromatic nitrogens is 2. The van der Waals surface area contributed by atoms with Gasteiger partial charge in [0, 0.05) is 18.0 Å². The number of aryl methyl sites for hydroxylation is 1. The molecule has 0 bridgehead atoms. The molecular weight excluding hydrogens is 367 g/mol. The lowest BCUT2D eigenvalue weighted by Gasteiger charge is -2.29. The van der Waals surface area contributed by atoms with E-state index >= 15 is 0 Å². The zero-order valence-corrected chi connectivity index (χ0v) is 14.2. The third-order valence-electron chi connectivity index (χ3n) is 3.73. The third kappa shape index (κ3) is 3.33. The van der Waals surface area contributed by atoms with E-state index in [1.165, 1.54) is 10.4 Å². The minimum atomic E-state index is -4.71. The van der Waals surface area contributed by atoms with Crippen LogP contribution in [0.3, 0.4) is 0 Å². The number of halogens is 3. The highest BCUT2D eigenvalue weighted by molar-refractivity contribution is 7.91. The highest BCUT2D eigenvalue weighted by atomic mass is 32.2. The Kier molecular flexibility index (Phi) is 4.43. The summed E-state index contributed by atoms with van der Waals surface area (Å²) in [6.07, 6.45) is -3.70. The normalized spacial score (nSPS) is 20.4. The minimum Gasteiger partial charge on any atom is -0.417 e. The van der Waals surface area contributed by atoms with Crippen molar-refractivity contribution >= 4 is 21.4 Å². The zero-order valence-electron chi connectivity index (χ0n) is 12.6. The summed E-state index contributed by atoms with van der Waals surface area (Å²) < 4.78 is 69.1. The van der Waals surface area contributed by atoms with Gasteiger partial charge in [-0.1, -0.05) is 0 Å². The molecule has 0 radical (unpaired) electrons. The van der Waals surface area contributed by atoms with E-state index in [4.69, 9.17) is 4.42 Å². The average molecular weight is 381 g/mol. The zero-order chi connectivity index (χ0) is 17.5. The largest absolute Gasteiger partial charge is 0.470 e. The maximum Gasteiger partial charge on any atom is 0.470 e. The second-order valence-electron chi connectivity index (χ2n) is 5.51. The van der Waals surface area contributed by atoms with Crippen molar-refractivity contribution in [2.24, 2.45) is 0 Å². The lowest BCUT2D eigenvalue weighted by atomic mass is 10.00. The van der Waals surface area contributed by atoms with Crippen molar-refractivity contribution in [3.8, 4) is 0 Å². The number of rotatable bonds is 3. The summed E-state index contributed by atoms with van der Waals surface area (Å²) >= 11 is 1.16. The molecule has 6 nitrogen and oxygen atoms in total. The summed E-state index contributed by atoms with van der Waals surface area (Å²) in [5.41, 5.74) is 0. The van der Waals surface area contributed by atoms with E-state index in [1.54, 1.807) is 13.0 Å². The topological polar surface area (TPSA) is 76.3 Å². The number of thiophene rings is 1. The summed E-state index contributed by atoms with van der Waals surface area (Å²) in [4.78, 5) is 0.869. The fraction of sp³-hybridized carbons (Fsp3) is 0.538. The predicted octanol–water partition coefficient (Wildman–Crippen LogP) is 3.03. The number of piperidine rings is 1. The summed E-state index contributed by atoms with van der Waals surface area (Å²) in [6, 6.07) is 3.25. The molecule has 2 aromatic heterocycles. The van der Waals surface area contributed by atoms with Gasteiger partial charge in [-0.15, -0.1) is 21.5 Å². The van der Waals surface area contributed by atoms with Crippen LogP contribution in [-0.2, 0) is 16.2 Å². The van der Waals surface area contributed by atoms with Crippen molar-refractivity contribution in [2.45, 2.75) is 36.1 Å². The average Bonchev–Trinajstić information content (AvgIpc) is 3.16. The summed E-state index contributed by atoms with van der Waals surface area (Å²) in [5, 5.41) is 6.45. The van der Waals surface area contributed by atoms with E-state index in [2.05, 4.69) is 10.2 Å². The van der Waals surface area contributed by atoms with Gasteiger partial charge in [0.05, 0.1) is 5.92 Å². The first-order chi connectivity index (χ1) is 11.2. The summed E-state index contributed by atoms with van der Waals surface area (Å²) in [5.74, 6) is -2.13. The Morgan fingerprint density at radius 2 is 2.08 bits per heavy atom. The minimum absolute atomic E-state index is 0.0266. The van der Waals surface area contributed by atoms with Crippen LogP contribution in [0.5, 0.6) is 0 Å². The second-order valence-corrected chi connectivity index (χ2v) is 8.96. The van der Waals surface area contributed by atoms with Crippen molar-refractivity contribution in [1.29, 1.82) is 0 Å². The quantitative estimate of drug-likeness (QED) is 0.817. The van der Waals surface area contributed by atoms with Crippen molar-refractivity contribution in [3.05, 3.63) is 28.8 Å². The maximum absolute atomic E-state index is 12.6. The lowest BCUT2D eigenvalue weighted by Crippen LogP contribution is -2.38. The van der Waals surface area contributed by atoms with Gasteiger partial charge in [-0.3, -0.25) is 0 Å². The molecule has 3 rings (SSSR count). The first-order valence-electron chi connectivity index (χ1n) is 7.15. The fourth-order valence-corrected chi connectivity index (χ4v) is 5.52. The number of sulfonamides is 1. The summed E-state index contributed by atoms with van der Waals surface area (Å²) in [7, 11) is -3.66. The Labute approximate surface area is 140 Å². The molecule has 1 unspecified atom stereocenters. The van der Waals surface area contributed by atoms with Gasteiger partial charge in [-0.05, 0) is 31.9 Å². The molecule has 0 amide bonds. The van der Waals surface area contributed by atoms with Crippen LogP contribution in [0.4, 0.5) is 13.2 Å². The van der Waals surface area contributed by atoms with E-state index < -0.39 is 28.0 Å². The Bertz CT molecular complexity index is 829. The van der Waals surface area contributed by atoms with Crippen LogP contribution >= 0.6 is 11.3 Å². The standard InChI is InChI=1S/C13H14F3N3O3S2/c1-8-4-5-10(23-8)24(20,21)19-6-2-3-9(7-19)11-17-18-12(22-11)13(14,15)16/h4-5,9H,2-3,6-7H2,1H3. The molecule has 0 aromatic carbocycles. The number of alkyl halides is 3. The molecule has 2 aromatic rings. The fourth-order valence-electron chi connectivity index (χ4n) is 2.55. The van der Waals surface area contributed by atoms with Crippen LogP contribution in [0, 0.1) is 6.92 Å². The second kappa shape index (κ2) is 6.12. The van der Waals surface area contributed by atoms with Crippen molar-refractivity contribution < 1.29 is 26.0 Å². The van der Waals surface area contributed by atoms with Crippen molar-refractivity contribution in [3.63, 3.8) is 0 Å².